The maximum atomic E-state index is 12.1. The SMILES string of the molecule is Cc1noc([C@@H](NC(=O)c2ncccc2O)C(C)C)n1. The van der Waals surface area contributed by atoms with Gasteiger partial charge in [-0.25, -0.2) is 4.98 Å². The molecule has 2 N–H and O–H groups in total. The number of pyridine rings is 1. The summed E-state index contributed by atoms with van der Waals surface area (Å²) in [7, 11) is 0. The molecule has 2 heterocycles. The second kappa shape index (κ2) is 5.68. The van der Waals surface area contributed by atoms with E-state index in [1.54, 1.807) is 13.0 Å². The molecule has 1 atom stereocenters. The molecule has 7 heteroatoms. The Kier molecular flexibility index (Phi) is 3.97. The minimum atomic E-state index is -0.488. The molecule has 0 aliphatic carbocycles. The number of aryl methyl sites for hydroxylation is 1. The molecule has 0 unspecified atom stereocenters. The average Bonchev–Trinajstić information content (AvgIpc) is 2.82. The summed E-state index contributed by atoms with van der Waals surface area (Å²) in [6.45, 7) is 5.54. The topological polar surface area (TPSA) is 101 Å². The molecule has 106 valence electrons. The fourth-order valence-corrected chi connectivity index (χ4v) is 1.73. The van der Waals surface area contributed by atoms with Crippen LogP contribution in [0.15, 0.2) is 22.9 Å². The fourth-order valence-electron chi connectivity index (χ4n) is 1.73. The summed E-state index contributed by atoms with van der Waals surface area (Å²) in [5, 5.41) is 16.1. The van der Waals surface area contributed by atoms with Crippen molar-refractivity contribution < 1.29 is 14.4 Å². The zero-order chi connectivity index (χ0) is 14.7. The molecule has 2 rings (SSSR count). The number of carbonyl (C=O) groups is 1. The Hall–Kier alpha value is -2.44. The van der Waals surface area contributed by atoms with Crippen LogP contribution in [0.3, 0.4) is 0 Å². The number of aromatic hydroxyl groups is 1. The molecular weight excluding hydrogens is 260 g/mol. The number of aromatic nitrogens is 3. The maximum absolute atomic E-state index is 12.1. The first-order chi connectivity index (χ1) is 9.49. The predicted octanol–water partition coefficient (Wildman–Crippen LogP) is 1.61. The fraction of sp³-hybridized carbons (Fsp3) is 0.385. The Bertz CT molecular complexity index is 609. The molecule has 0 fully saturated rings. The summed E-state index contributed by atoms with van der Waals surface area (Å²) in [5.74, 6) is 0.221. The number of rotatable bonds is 4. The van der Waals surface area contributed by atoms with E-state index in [4.69, 9.17) is 4.52 Å². The third kappa shape index (κ3) is 2.93. The van der Waals surface area contributed by atoms with Crippen LogP contribution < -0.4 is 5.32 Å². The molecule has 0 aliphatic heterocycles. The van der Waals surface area contributed by atoms with Crippen LogP contribution in [0, 0.1) is 12.8 Å². The average molecular weight is 276 g/mol. The molecule has 20 heavy (non-hydrogen) atoms. The summed E-state index contributed by atoms with van der Waals surface area (Å²) >= 11 is 0. The molecular formula is C13H16N4O3. The first kappa shape index (κ1) is 14.0. The molecule has 0 bridgehead atoms. The molecule has 7 nitrogen and oxygen atoms in total. The highest BCUT2D eigenvalue weighted by atomic mass is 16.5. The van der Waals surface area contributed by atoms with Gasteiger partial charge in [0.05, 0.1) is 0 Å². The summed E-state index contributed by atoms with van der Waals surface area (Å²) in [5.41, 5.74) is -0.0330. The van der Waals surface area contributed by atoms with Crippen LogP contribution in [0.4, 0.5) is 0 Å². The number of nitrogens with one attached hydrogen (secondary N) is 1. The maximum Gasteiger partial charge on any atom is 0.274 e. The number of amides is 1. The Morgan fingerprint density at radius 3 is 2.75 bits per heavy atom. The highest BCUT2D eigenvalue weighted by Crippen LogP contribution is 2.21. The normalized spacial score (nSPS) is 12.4. The molecule has 1 amide bonds. The molecule has 0 aromatic carbocycles. The Morgan fingerprint density at radius 2 is 2.20 bits per heavy atom. The highest BCUT2D eigenvalue weighted by molar-refractivity contribution is 5.94. The summed E-state index contributed by atoms with van der Waals surface area (Å²) < 4.78 is 5.10. The van der Waals surface area contributed by atoms with Crippen molar-refractivity contribution >= 4 is 5.91 Å². The van der Waals surface area contributed by atoms with E-state index in [1.165, 1.54) is 12.3 Å². The second-order valence-electron chi connectivity index (χ2n) is 4.75. The van der Waals surface area contributed by atoms with E-state index in [2.05, 4.69) is 20.4 Å². The Morgan fingerprint density at radius 1 is 1.45 bits per heavy atom. The third-order valence-corrected chi connectivity index (χ3v) is 2.76. The van der Waals surface area contributed by atoms with Crippen molar-refractivity contribution in [2.75, 3.05) is 0 Å². The van der Waals surface area contributed by atoms with Gasteiger partial charge >= 0.3 is 0 Å². The third-order valence-electron chi connectivity index (χ3n) is 2.76. The lowest BCUT2D eigenvalue weighted by atomic mass is 10.0. The zero-order valence-corrected chi connectivity index (χ0v) is 11.5. The van der Waals surface area contributed by atoms with Crippen LogP contribution in [0.25, 0.3) is 0 Å². The van der Waals surface area contributed by atoms with E-state index >= 15 is 0 Å². The second-order valence-corrected chi connectivity index (χ2v) is 4.75. The van der Waals surface area contributed by atoms with Crippen LogP contribution in [0.2, 0.25) is 0 Å². The van der Waals surface area contributed by atoms with Crippen LogP contribution in [0.5, 0.6) is 5.75 Å². The molecule has 0 aliphatic rings. The van der Waals surface area contributed by atoms with E-state index in [-0.39, 0.29) is 17.4 Å². The van der Waals surface area contributed by atoms with Crippen molar-refractivity contribution in [2.45, 2.75) is 26.8 Å². The van der Waals surface area contributed by atoms with E-state index in [0.717, 1.165) is 0 Å². The Labute approximate surface area is 116 Å². The van der Waals surface area contributed by atoms with Gasteiger partial charge in [0.15, 0.2) is 11.5 Å². The quantitative estimate of drug-likeness (QED) is 0.879. The lowest BCUT2D eigenvalue weighted by Crippen LogP contribution is -2.32. The zero-order valence-electron chi connectivity index (χ0n) is 11.5. The van der Waals surface area contributed by atoms with Crippen LogP contribution in [-0.4, -0.2) is 26.1 Å². The minimum absolute atomic E-state index is 0.0330. The van der Waals surface area contributed by atoms with Gasteiger partial charge in [-0.15, -0.1) is 0 Å². The van der Waals surface area contributed by atoms with Gasteiger partial charge in [-0.1, -0.05) is 19.0 Å². The van der Waals surface area contributed by atoms with Gasteiger partial charge < -0.3 is 14.9 Å². The minimum Gasteiger partial charge on any atom is -0.505 e. The summed E-state index contributed by atoms with van der Waals surface area (Å²) in [4.78, 5) is 20.1. The van der Waals surface area contributed by atoms with Crippen molar-refractivity contribution in [3.8, 4) is 5.75 Å². The molecule has 2 aromatic heterocycles. The van der Waals surface area contributed by atoms with Crippen molar-refractivity contribution in [3.63, 3.8) is 0 Å². The van der Waals surface area contributed by atoms with Gasteiger partial charge in [0.25, 0.3) is 5.91 Å². The van der Waals surface area contributed by atoms with E-state index < -0.39 is 11.9 Å². The number of nitrogens with zero attached hydrogens (tertiary/aromatic N) is 3. The lowest BCUT2D eigenvalue weighted by molar-refractivity contribution is 0.0906. The van der Waals surface area contributed by atoms with Gasteiger partial charge in [0.1, 0.15) is 11.8 Å². The number of carbonyl (C=O) groups excluding carboxylic acids is 1. The molecule has 2 aromatic rings. The van der Waals surface area contributed by atoms with Gasteiger partial charge in [-0.05, 0) is 25.0 Å². The van der Waals surface area contributed by atoms with Crippen LogP contribution >= 0.6 is 0 Å². The standard InChI is InChI=1S/C13H16N4O3/c1-7(2)10(13-15-8(3)17-20-13)16-12(19)11-9(18)5-4-6-14-11/h4-7,10,18H,1-3H3,(H,16,19)/t10-/m0/s1. The first-order valence-electron chi connectivity index (χ1n) is 6.24. The number of hydrogen-bond donors (Lipinski definition) is 2. The van der Waals surface area contributed by atoms with Crippen molar-refractivity contribution in [2.24, 2.45) is 5.92 Å². The lowest BCUT2D eigenvalue weighted by Gasteiger charge is -2.18. The molecule has 0 saturated carbocycles. The van der Waals surface area contributed by atoms with Gasteiger partial charge in [-0.3, -0.25) is 4.79 Å². The smallest absolute Gasteiger partial charge is 0.274 e. The van der Waals surface area contributed by atoms with Crippen molar-refractivity contribution in [3.05, 3.63) is 35.7 Å². The largest absolute Gasteiger partial charge is 0.505 e. The van der Waals surface area contributed by atoms with Gasteiger partial charge in [0.2, 0.25) is 5.89 Å². The van der Waals surface area contributed by atoms with E-state index in [0.29, 0.717) is 11.7 Å². The van der Waals surface area contributed by atoms with Crippen LogP contribution in [0.1, 0.15) is 42.1 Å². The molecule has 0 spiro atoms. The van der Waals surface area contributed by atoms with Gasteiger partial charge in [-0.2, -0.15) is 4.98 Å². The number of hydrogen-bond acceptors (Lipinski definition) is 6. The predicted molar refractivity (Wildman–Crippen MR) is 70.0 cm³/mol. The summed E-state index contributed by atoms with van der Waals surface area (Å²) in [6.07, 6.45) is 1.44. The Balaban J connectivity index is 2.21. The monoisotopic (exact) mass is 276 g/mol. The molecule has 0 radical (unpaired) electrons. The highest BCUT2D eigenvalue weighted by Gasteiger charge is 2.25. The summed E-state index contributed by atoms with van der Waals surface area (Å²) in [6, 6.07) is 2.52. The molecule has 0 saturated heterocycles. The van der Waals surface area contributed by atoms with Crippen LogP contribution in [-0.2, 0) is 0 Å². The van der Waals surface area contributed by atoms with Crippen molar-refractivity contribution in [1.82, 2.24) is 20.4 Å². The first-order valence-corrected chi connectivity index (χ1v) is 6.24. The van der Waals surface area contributed by atoms with E-state index in [1.807, 2.05) is 13.8 Å². The van der Waals surface area contributed by atoms with Crippen molar-refractivity contribution in [1.29, 1.82) is 0 Å². The van der Waals surface area contributed by atoms with E-state index in [9.17, 15) is 9.90 Å². The van der Waals surface area contributed by atoms with Gasteiger partial charge in [0, 0.05) is 6.20 Å².